The summed E-state index contributed by atoms with van der Waals surface area (Å²) in [6.07, 6.45) is -0.150. The van der Waals surface area contributed by atoms with E-state index in [0.717, 1.165) is 28.6 Å². The highest BCUT2D eigenvalue weighted by molar-refractivity contribution is 5.87. The van der Waals surface area contributed by atoms with Crippen LogP contribution in [-0.4, -0.2) is 28.9 Å². The highest BCUT2D eigenvalue weighted by Crippen LogP contribution is 2.31. The van der Waals surface area contributed by atoms with Gasteiger partial charge in [0.25, 0.3) is 0 Å². The number of carboxylic acid groups (broad SMARTS) is 1. The minimum Gasteiger partial charge on any atom is -0.497 e. The van der Waals surface area contributed by atoms with Crippen LogP contribution in [0.1, 0.15) is 23.7 Å². The van der Waals surface area contributed by atoms with Gasteiger partial charge in [0.2, 0.25) is 0 Å². The first-order chi connectivity index (χ1) is 12.4. The van der Waals surface area contributed by atoms with E-state index < -0.39 is 12.1 Å². The lowest BCUT2D eigenvalue weighted by atomic mass is 10.0. The van der Waals surface area contributed by atoms with Crippen LogP contribution in [0, 0.1) is 6.92 Å². The van der Waals surface area contributed by atoms with Crippen molar-refractivity contribution in [3.63, 3.8) is 0 Å². The quantitative estimate of drug-likeness (QED) is 0.729. The molecule has 0 bridgehead atoms. The zero-order valence-corrected chi connectivity index (χ0v) is 15.4. The van der Waals surface area contributed by atoms with Crippen molar-refractivity contribution in [3.8, 4) is 11.5 Å². The summed E-state index contributed by atoms with van der Waals surface area (Å²) in [4.78, 5) is 11.0. The number of rotatable bonds is 6. The molecular formula is C21H23NO4. The Labute approximate surface area is 152 Å². The summed E-state index contributed by atoms with van der Waals surface area (Å²) in [6.45, 7) is 3.63. The molecule has 1 atom stereocenters. The van der Waals surface area contributed by atoms with E-state index in [1.54, 1.807) is 13.2 Å². The third-order valence-electron chi connectivity index (χ3n) is 4.77. The topological polar surface area (TPSA) is 60.7 Å². The van der Waals surface area contributed by atoms with Crippen LogP contribution in [0.5, 0.6) is 11.5 Å². The molecule has 136 valence electrons. The predicted molar refractivity (Wildman–Crippen MR) is 101 cm³/mol. The smallest absolute Gasteiger partial charge is 0.344 e. The zero-order chi connectivity index (χ0) is 18.8. The van der Waals surface area contributed by atoms with Crippen molar-refractivity contribution in [2.24, 2.45) is 7.05 Å². The SMILES string of the molecule is COc1ccc2c(c1)c(Cc1cccc(OC(C)C(=O)O)c1)c(C)n2C. The molecule has 2 aromatic carbocycles. The van der Waals surface area contributed by atoms with E-state index in [1.807, 2.05) is 24.3 Å². The van der Waals surface area contributed by atoms with E-state index in [4.69, 9.17) is 14.6 Å². The van der Waals surface area contributed by atoms with Gasteiger partial charge in [-0.1, -0.05) is 12.1 Å². The molecule has 1 aromatic heterocycles. The van der Waals surface area contributed by atoms with Crippen LogP contribution in [0.2, 0.25) is 0 Å². The normalized spacial score (nSPS) is 12.2. The van der Waals surface area contributed by atoms with Crippen molar-refractivity contribution in [1.29, 1.82) is 0 Å². The Morgan fingerprint density at radius 3 is 2.65 bits per heavy atom. The van der Waals surface area contributed by atoms with Crippen LogP contribution in [0.15, 0.2) is 42.5 Å². The second kappa shape index (κ2) is 7.12. The Morgan fingerprint density at radius 1 is 1.19 bits per heavy atom. The fraction of sp³-hybridized carbons (Fsp3) is 0.286. The fourth-order valence-corrected chi connectivity index (χ4v) is 3.16. The second-order valence-corrected chi connectivity index (χ2v) is 6.43. The lowest BCUT2D eigenvalue weighted by molar-refractivity contribution is -0.144. The van der Waals surface area contributed by atoms with Gasteiger partial charge in [-0.15, -0.1) is 0 Å². The highest BCUT2D eigenvalue weighted by Gasteiger charge is 2.15. The number of fused-ring (bicyclic) bond motifs is 1. The first kappa shape index (κ1) is 17.9. The number of benzene rings is 2. The molecule has 3 aromatic rings. The fourth-order valence-electron chi connectivity index (χ4n) is 3.16. The van der Waals surface area contributed by atoms with Gasteiger partial charge in [0.05, 0.1) is 7.11 Å². The third kappa shape index (κ3) is 3.38. The standard InChI is InChI=1S/C21H23NO4/c1-13-18(19-12-16(25-4)8-9-20(19)22(13)3)11-15-6-5-7-17(10-15)26-14(2)21(23)24/h5-10,12,14H,11H2,1-4H3,(H,23,24). The Hall–Kier alpha value is -2.95. The molecule has 0 aliphatic heterocycles. The monoisotopic (exact) mass is 353 g/mol. The van der Waals surface area contributed by atoms with E-state index in [2.05, 4.69) is 30.7 Å². The molecule has 1 N–H and O–H groups in total. The summed E-state index contributed by atoms with van der Waals surface area (Å²) in [7, 11) is 3.72. The summed E-state index contributed by atoms with van der Waals surface area (Å²) in [5.41, 5.74) is 4.65. The minimum atomic E-state index is -0.979. The Balaban J connectivity index is 1.96. The zero-order valence-electron chi connectivity index (χ0n) is 15.4. The first-order valence-electron chi connectivity index (χ1n) is 8.51. The molecule has 5 heteroatoms. The summed E-state index contributed by atoms with van der Waals surface area (Å²) in [5.74, 6) is 0.414. The summed E-state index contributed by atoms with van der Waals surface area (Å²) < 4.78 is 13.0. The van der Waals surface area contributed by atoms with Gasteiger partial charge in [-0.05, 0) is 61.7 Å². The van der Waals surface area contributed by atoms with E-state index >= 15 is 0 Å². The molecular weight excluding hydrogens is 330 g/mol. The third-order valence-corrected chi connectivity index (χ3v) is 4.77. The van der Waals surface area contributed by atoms with E-state index in [9.17, 15) is 4.79 Å². The molecule has 0 aliphatic rings. The maximum Gasteiger partial charge on any atom is 0.344 e. The number of aromatic nitrogens is 1. The van der Waals surface area contributed by atoms with Crippen LogP contribution in [0.4, 0.5) is 0 Å². The van der Waals surface area contributed by atoms with Gasteiger partial charge in [-0.25, -0.2) is 4.79 Å². The minimum absolute atomic E-state index is 0.563. The molecule has 1 unspecified atom stereocenters. The largest absolute Gasteiger partial charge is 0.497 e. The number of methoxy groups -OCH3 is 1. The lowest BCUT2D eigenvalue weighted by Gasteiger charge is -2.11. The van der Waals surface area contributed by atoms with Crippen molar-refractivity contribution in [2.45, 2.75) is 26.4 Å². The number of carboxylic acids is 1. The molecule has 3 rings (SSSR count). The van der Waals surface area contributed by atoms with Gasteiger partial charge in [0.1, 0.15) is 11.5 Å². The van der Waals surface area contributed by atoms with Crippen molar-refractivity contribution in [2.75, 3.05) is 7.11 Å². The number of hydrogen-bond acceptors (Lipinski definition) is 3. The average Bonchev–Trinajstić information content (AvgIpc) is 2.86. The molecule has 0 spiro atoms. The molecule has 5 nitrogen and oxygen atoms in total. The highest BCUT2D eigenvalue weighted by atomic mass is 16.5. The predicted octanol–water partition coefficient (Wildman–Crippen LogP) is 3.94. The molecule has 0 saturated carbocycles. The number of hydrogen-bond donors (Lipinski definition) is 1. The summed E-state index contributed by atoms with van der Waals surface area (Å²) >= 11 is 0. The van der Waals surface area contributed by atoms with Crippen molar-refractivity contribution in [1.82, 2.24) is 4.57 Å². The lowest BCUT2D eigenvalue weighted by Crippen LogP contribution is -2.22. The summed E-state index contributed by atoms with van der Waals surface area (Å²) in [6, 6.07) is 13.7. The van der Waals surface area contributed by atoms with Gasteiger partial charge in [-0.3, -0.25) is 0 Å². The number of nitrogens with zero attached hydrogens (tertiary/aromatic N) is 1. The number of aliphatic carboxylic acids is 1. The molecule has 0 amide bonds. The number of ether oxygens (including phenoxy) is 2. The second-order valence-electron chi connectivity index (χ2n) is 6.43. The molecule has 0 saturated heterocycles. The molecule has 0 fully saturated rings. The number of carbonyl (C=O) groups is 1. The van der Waals surface area contributed by atoms with Crippen LogP contribution in [0.25, 0.3) is 10.9 Å². The van der Waals surface area contributed by atoms with Gasteiger partial charge in [0, 0.05) is 23.6 Å². The van der Waals surface area contributed by atoms with Crippen molar-refractivity contribution < 1.29 is 19.4 Å². The van der Waals surface area contributed by atoms with E-state index in [-0.39, 0.29) is 0 Å². The van der Waals surface area contributed by atoms with Crippen molar-refractivity contribution in [3.05, 3.63) is 59.3 Å². The van der Waals surface area contributed by atoms with Crippen molar-refractivity contribution >= 4 is 16.9 Å². The Bertz CT molecular complexity index is 958. The molecule has 1 heterocycles. The first-order valence-corrected chi connectivity index (χ1v) is 8.51. The Morgan fingerprint density at radius 2 is 1.96 bits per heavy atom. The average molecular weight is 353 g/mol. The van der Waals surface area contributed by atoms with Gasteiger partial charge in [0.15, 0.2) is 6.10 Å². The van der Waals surface area contributed by atoms with Crippen LogP contribution in [-0.2, 0) is 18.3 Å². The molecule has 26 heavy (non-hydrogen) atoms. The molecule has 0 radical (unpaired) electrons. The van der Waals surface area contributed by atoms with E-state index in [1.165, 1.54) is 18.2 Å². The maximum absolute atomic E-state index is 11.0. The van der Waals surface area contributed by atoms with Gasteiger partial charge < -0.3 is 19.1 Å². The van der Waals surface area contributed by atoms with Crippen LogP contribution >= 0.6 is 0 Å². The van der Waals surface area contributed by atoms with Crippen LogP contribution < -0.4 is 9.47 Å². The molecule has 0 aliphatic carbocycles. The number of aryl methyl sites for hydroxylation is 1. The summed E-state index contributed by atoms with van der Waals surface area (Å²) in [5, 5.41) is 10.2. The van der Waals surface area contributed by atoms with Gasteiger partial charge >= 0.3 is 5.97 Å². The van der Waals surface area contributed by atoms with Crippen LogP contribution in [0.3, 0.4) is 0 Å². The Kier molecular flexibility index (Phi) is 4.89. The van der Waals surface area contributed by atoms with E-state index in [0.29, 0.717) is 5.75 Å². The maximum atomic E-state index is 11.0. The van der Waals surface area contributed by atoms with Gasteiger partial charge in [-0.2, -0.15) is 0 Å².